The molecule has 9 nitrogen and oxygen atoms in total. The van der Waals surface area contributed by atoms with Crippen LogP contribution < -0.4 is 4.90 Å². The minimum Gasteiger partial charge on any atom is -0.399 e. The number of anilines is 1. The van der Waals surface area contributed by atoms with E-state index < -0.39 is 51.4 Å². The molecule has 0 bridgehead atoms. The first-order valence-electron chi connectivity index (χ1n) is 8.92. The summed E-state index contributed by atoms with van der Waals surface area (Å²) in [6, 6.07) is 1.11. The fourth-order valence-corrected chi connectivity index (χ4v) is 4.06. The molecular formula is C17H18ClF4N5O4S. The number of alkyl halides is 3. The Morgan fingerprint density at radius 1 is 1.34 bits per heavy atom. The standard InChI is InChI=1S/C17H18ClF4N5O4S/c1-3-26(14-9-27(24-15(14)18)12-6-11(19)7-23-8-12)16(28)13(25-31-2)10-32(29,30)5-4-17(20,21)22/h6-9H,3-5,10H2,1-2H3/b25-13-. The van der Waals surface area contributed by atoms with Crippen LogP contribution in [0, 0.1) is 5.82 Å². The minimum atomic E-state index is -4.68. The van der Waals surface area contributed by atoms with Crippen LogP contribution in [0.2, 0.25) is 5.15 Å². The molecule has 0 saturated heterocycles. The van der Waals surface area contributed by atoms with Crippen molar-refractivity contribution in [2.45, 2.75) is 19.5 Å². The van der Waals surface area contributed by atoms with Gasteiger partial charge in [-0.25, -0.2) is 17.5 Å². The lowest BCUT2D eigenvalue weighted by Crippen LogP contribution is -2.40. The number of amides is 1. The molecular weight excluding hydrogens is 482 g/mol. The van der Waals surface area contributed by atoms with E-state index in [1.54, 1.807) is 0 Å². The molecule has 0 radical (unpaired) electrons. The SMILES string of the molecule is CCN(C(=O)/C(CS(=O)(=O)CCC(F)(F)F)=N\OC)c1cn(-c2cncc(F)c2)nc1Cl. The highest BCUT2D eigenvalue weighted by Crippen LogP contribution is 2.27. The molecule has 0 saturated carbocycles. The Kier molecular flexibility index (Phi) is 8.18. The van der Waals surface area contributed by atoms with Gasteiger partial charge in [0.2, 0.25) is 0 Å². The van der Waals surface area contributed by atoms with Crippen molar-refractivity contribution in [2.24, 2.45) is 5.16 Å². The van der Waals surface area contributed by atoms with Crippen molar-refractivity contribution in [3.8, 4) is 5.69 Å². The number of hydrogen-bond acceptors (Lipinski definition) is 7. The Hall–Kier alpha value is -2.74. The third-order valence-corrected chi connectivity index (χ3v) is 5.77. The number of oxime groups is 1. The maximum absolute atomic E-state index is 13.4. The minimum absolute atomic E-state index is 0.0277. The van der Waals surface area contributed by atoms with Crippen LogP contribution in [0.5, 0.6) is 0 Å². The van der Waals surface area contributed by atoms with Crippen molar-refractivity contribution in [3.05, 3.63) is 35.6 Å². The molecule has 0 aliphatic rings. The molecule has 0 aliphatic carbocycles. The molecule has 0 aliphatic heterocycles. The Balaban J connectivity index is 2.32. The van der Waals surface area contributed by atoms with E-state index in [9.17, 15) is 30.8 Å². The van der Waals surface area contributed by atoms with Crippen LogP contribution in [0.4, 0.5) is 23.2 Å². The Morgan fingerprint density at radius 2 is 2.03 bits per heavy atom. The molecule has 32 heavy (non-hydrogen) atoms. The largest absolute Gasteiger partial charge is 0.399 e. The number of carbonyl (C=O) groups excluding carboxylic acids is 1. The highest BCUT2D eigenvalue weighted by Gasteiger charge is 2.33. The van der Waals surface area contributed by atoms with Gasteiger partial charge in [0.15, 0.2) is 20.7 Å². The molecule has 176 valence electrons. The van der Waals surface area contributed by atoms with Crippen molar-refractivity contribution in [2.75, 3.05) is 30.1 Å². The quantitative estimate of drug-likeness (QED) is 0.298. The predicted molar refractivity (Wildman–Crippen MR) is 108 cm³/mol. The lowest BCUT2D eigenvalue weighted by Gasteiger charge is -2.20. The Bertz CT molecular complexity index is 1100. The van der Waals surface area contributed by atoms with Gasteiger partial charge in [-0.05, 0) is 6.92 Å². The highest BCUT2D eigenvalue weighted by molar-refractivity contribution is 7.92. The zero-order valence-electron chi connectivity index (χ0n) is 16.8. The van der Waals surface area contributed by atoms with Crippen LogP contribution in [0.25, 0.3) is 5.69 Å². The summed E-state index contributed by atoms with van der Waals surface area (Å²) >= 11 is 6.11. The number of pyridine rings is 1. The normalized spacial score (nSPS) is 12.7. The maximum Gasteiger partial charge on any atom is 0.390 e. The van der Waals surface area contributed by atoms with Crippen LogP contribution >= 0.6 is 11.6 Å². The van der Waals surface area contributed by atoms with Gasteiger partial charge < -0.3 is 9.74 Å². The molecule has 0 N–H and O–H groups in total. The van der Waals surface area contributed by atoms with Crippen molar-refractivity contribution >= 4 is 38.7 Å². The molecule has 0 fully saturated rings. The first-order valence-corrected chi connectivity index (χ1v) is 11.1. The van der Waals surface area contributed by atoms with Crippen molar-refractivity contribution in [3.63, 3.8) is 0 Å². The van der Waals surface area contributed by atoms with Crippen molar-refractivity contribution in [1.82, 2.24) is 14.8 Å². The van der Waals surface area contributed by atoms with E-state index in [1.807, 2.05) is 0 Å². The van der Waals surface area contributed by atoms with Gasteiger partial charge in [-0.1, -0.05) is 16.8 Å². The van der Waals surface area contributed by atoms with Crippen LogP contribution in [0.3, 0.4) is 0 Å². The number of nitrogens with zero attached hydrogens (tertiary/aromatic N) is 5. The van der Waals surface area contributed by atoms with E-state index in [0.29, 0.717) is 0 Å². The van der Waals surface area contributed by atoms with Crippen molar-refractivity contribution in [1.29, 1.82) is 0 Å². The van der Waals surface area contributed by atoms with Gasteiger partial charge >= 0.3 is 6.18 Å². The molecule has 15 heteroatoms. The topological polar surface area (TPSA) is 107 Å². The van der Waals surface area contributed by atoms with Gasteiger partial charge in [-0.2, -0.15) is 18.3 Å². The van der Waals surface area contributed by atoms with Gasteiger partial charge in [0.1, 0.15) is 24.4 Å². The summed E-state index contributed by atoms with van der Waals surface area (Å²) in [6.45, 7) is 1.51. The summed E-state index contributed by atoms with van der Waals surface area (Å²) in [5, 5.41) is 7.19. The average molecular weight is 500 g/mol. The number of sulfone groups is 1. The molecule has 1 amide bonds. The smallest absolute Gasteiger partial charge is 0.390 e. The molecule has 2 aromatic rings. The second-order valence-corrected chi connectivity index (χ2v) is 8.88. The fourth-order valence-electron chi connectivity index (χ4n) is 2.55. The third kappa shape index (κ3) is 6.88. The number of carbonyl (C=O) groups is 1. The maximum atomic E-state index is 13.4. The molecule has 0 unspecified atom stereocenters. The number of rotatable bonds is 9. The van der Waals surface area contributed by atoms with Crippen LogP contribution in [-0.4, -0.2) is 66.1 Å². The summed E-state index contributed by atoms with van der Waals surface area (Å²) in [4.78, 5) is 22.2. The third-order valence-electron chi connectivity index (χ3n) is 3.96. The van der Waals surface area contributed by atoms with Gasteiger partial charge in [0.25, 0.3) is 5.91 Å². The van der Waals surface area contributed by atoms with Gasteiger partial charge in [0, 0.05) is 12.6 Å². The Labute approximate surface area is 185 Å². The van der Waals surface area contributed by atoms with Crippen LogP contribution in [0.15, 0.2) is 29.8 Å². The van der Waals surface area contributed by atoms with E-state index in [-0.39, 0.29) is 23.1 Å². The molecule has 0 spiro atoms. The summed E-state index contributed by atoms with van der Waals surface area (Å²) in [5.74, 6) is -3.91. The highest BCUT2D eigenvalue weighted by atomic mass is 35.5. The summed E-state index contributed by atoms with van der Waals surface area (Å²) in [5.41, 5.74) is -0.421. The van der Waals surface area contributed by atoms with Gasteiger partial charge in [0.05, 0.1) is 36.5 Å². The number of aromatic nitrogens is 3. The second kappa shape index (κ2) is 10.3. The number of hydrogen-bond donors (Lipinski definition) is 0. The molecule has 0 atom stereocenters. The monoisotopic (exact) mass is 499 g/mol. The van der Waals surface area contributed by atoms with Gasteiger partial charge in [-0.3, -0.25) is 9.78 Å². The zero-order chi connectivity index (χ0) is 24.1. The van der Waals surface area contributed by atoms with Crippen LogP contribution in [-0.2, 0) is 19.5 Å². The average Bonchev–Trinajstić information content (AvgIpc) is 3.08. The predicted octanol–water partition coefficient (Wildman–Crippen LogP) is 2.78. The van der Waals surface area contributed by atoms with E-state index >= 15 is 0 Å². The van der Waals surface area contributed by atoms with E-state index in [4.69, 9.17) is 11.6 Å². The van der Waals surface area contributed by atoms with E-state index in [1.165, 1.54) is 19.3 Å². The zero-order valence-corrected chi connectivity index (χ0v) is 18.4. The summed E-state index contributed by atoms with van der Waals surface area (Å²) in [6.07, 6.45) is -2.70. The lowest BCUT2D eigenvalue weighted by molar-refractivity contribution is -0.129. The first kappa shape index (κ1) is 25.5. The lowest BCUT2D eigenvalue weighted by atomic mass is 10.3. The first-order chi connectivity index (χ1) is 14.9. The molecule has 2 heterocycles. The molecule has 2 aromatic heterocycles. The number of halogens is 5. The molecule has 2 rings (SSSR count). The molecule has 0 aromatic carbocycles. The van der Waals surface area contributed by atoms with E-state index in [0.717, 1.165) is 29.0 Å². The Morgan fingerprint density at radius 3 is 2.59 bits per heavy atom. The van der Waals surface area contributed by atoms with Crippen molar-refractivity contribution < 1.29 is 35.6 Å². The fraction of sp³-hybridized carbons (Fsp3) is 0.412. The van der Waals surface area contributed by atoms with Gasteiger partial charge in [-0.15, -0.1) is 0 Å². The van der Waals surface area contributed by atoms with E-state index in [2.05, 4.69) is 20.1 Å². The van der Waals surface area contributed by atoms with Crippen LogP contribution in [0.1, 0.15) is 13.3 Å². The second-order valence-electron chi connectivity index (χ2n) is 6.34. The summed E-state index contributed by atoms with van der Waals surface area (Å²) < 4.78 is 76.0. The summed E-state index contributed by atoms with van der Waals surface area (Å²) in [7, 11) is -3.29.